The third-order valence-electron chi connectivity index (χ3n) is 5.44. The van der Waals surface area contributed by atoms with Gasteiger partial charge in [-0.2, -0.15) is 10.5 Å². The molecule has 2 rings (SSSR count). The molecule has 1 N–H and O–H groups in total. The Morgan fingerprint density at radius 2 is 1.38 bits per heavy atom. The molecule has 11 heteroatoms. The monoisotopic (exact) mass is 557 g/mol. The van der Waals surface area contributed by atoms with E-state index in [2.05, 4.69) is 12.2 Å². The zero-order valence-corrected chi connectivity index (χ0v) is 23.1. The Balaban J connectivity index is 2.19. The van der Waals surface area contributed by atoms with Crippen molar-refractivity contribution in [3.63, 3.8) is 0 Å². The first kappa shape index (κ1) is 32.3. The summed E-state index contributed by atoms with van der Waals surface area (Å²) in [4.78, 5) is 28.8. The lowest BCUT2D eigenvalue weighted by molar-refractivity contribution is -0.326. The Hall–Kier alpha value is -2.92. The number of carbonyl (C=O) groups is 1. The molecule has 2 atom stereocenters. The normalized spacial score (nSPS) is 12.4. The van der Waals surface area contributed by atoms with E-state index in [1.54, 1.807) is 0 Å². The molecule has 0 saturated heterocycles. The van der Waals surface area contributed by atoms with Gasteiger partial charge in [0.15, 0.2) is 0 Å². The molecule has 2 unspecified atom stereocenters. The van der Waals surface area contributed by atoms with E-state index >= 15 is 0 Å². The molecule has 39 heavy (non-hydrogen) atoms. The first-order valence-electron chi connectivity index (χ1n) is 13.1. The Morgan fingerprint density at radius 1 is 0.821 bits per heavy atom. The molecule has 210 valence electrons. The van der Waals surface area contributed by atoms with Crippen LogP contribution in [0.3, 0.4) is 0 Å². The van der Waals surface area contributed by atoms with Crippen LogP contribution in [-0.4, -0.2) is 19.1 Å². The second kappa shape index (κ2) is 21.0. The Kier molecular flexibility index (Phi) is 17.4. The summed E-state index contributed by atoms with van der Waals surface area (Å²) >= 11 is 0. The van der Waals surface area contributed by atoms with Crippen molar-refractivity contribution in [1.82, 2.24) is 5.32 Å². The van der Waals surface area contributed by atoms with Gasteiger partial charge in [0.05, 0.1) is 44.2 Å². The number of benzene rings is 2. The summed E-state index contributed by atoms with van der Waals surface area (Å²) in [6, 6.07) is 22.0. The molecule has 0 fully saturated rings. The maximum absolute atomic E-state index is 13.0. The molecule has 0 aliphatic rings. The minimum absolute atomic E-state index is 0.0245. The van der Waals surface area contributed by atoms with Gasteiger partial charge in [0.2, 0.25) is 5.91 Å². The van der Waals surface area contributed by atoms with E-state index in [4.69, 9.17) is 39.2 Å². The summed E-state index contributed by atoms with van der Waals surface area (Å²) in [5, 5.41) is 20.5. The lowest BCUT2D eigenvalue weighted by atomic mass is 9.95. The van der Waals surface area contributed by atoms with Crippen LogP contribution in [0.4, 0.5) is 0 Å². The van der Waals surface area contributed by atoms with E-state index in [0.29, 0.717) is 6.42 Å². The molecular weight excluding hydrogens is 521 g/mol. The highest BCUT2D eigenvalue weighted by Crippen LogP contribution is 2.44. The number of nitriles is 2. The summed E-state index contributed by atoms with van der Waals surface area (Å²) in [5.41, 5.74) is 1.55. The number of carbonyl (C=O) groups excluding carboxylic acids is 1. The highest BCUT2D eigenvalue weighted by molar-refractivity contribution is 7.41. The highest BCUT2D eigenvalue weighted by Gasteiger charge is 2.31. The molecule has 2 aromatic carbocycles. The minimum atomic E-state index is -2.34. The predicted molar refractivity (Wildman–Crippen MR) is 144 cm³/mol. The SMILES string of the molecule is CCCCCCCC(=O)NC(c1ccccc1)C(OOP(OOCCC#N)OOCCC#N)c1ccccc1. The number of hydrogen-bond donors (Lipinski definition) is 1. The molecule has 0 saturated carbocycles. The van der Waals surface area contributed by atoms with E-state index in [1.165, 1.54) is 0 Å². The van der Waals surface area contributed by atoms with Crippen molar-refractivity contribution in [2.75, 3.05) is 13.2 Å². The lowest BCUT2D eigenvalue weighted by Crippen LogP contribution is -2.33. The third-order valence-corrected chi connectivity index (χ3v) is 6.10. The van der Waals surface area contributed by atoms with E-state index in [1.807, 2.05) is 72.8 Å². The zero-order valence-electron chi connectivity index (χ0n) is 22.2. The smallest absolute Gasteiger partial charge is 0.346 e. The van der Waals surface area contributed by atoms with Crippen LogP contribution in [0.15, 0.2) is 60.7 Å². The van der Waals surface area contributed by atoms with Crippen molar-refractivity contribution >= 4 is 14.5 Å². The second-order valence-electron chi connectivity index (χ2n) is 8.45. The van der Waals surface area contributed by atoms with Crippen molar-refractivity contribution < 1.29 is 33.5 Å². The molecule has 0 radical (unpaired) electrons. The summed E-state index contributed by atoms with van der Waals surface area (Å²) in [6.45, 7) is 2.11. The van der Waals surface area contributed by atoms with Gasteiger partial charge >= 0.3 is 8.60 Å². The average Bonchev–Trinajstić information content (AvgIpc) is 2.97. The van der Waals surface area contributed by atoms with Crippen molar-refractivity contribution in [2.45, 2.75) is 70.4 Å². The van der Waals surface area contributed by atoms with Crippen LogP contribution >= 0.6 is 8.60 Å². The molecule has 0 heterocycles. The molecule has 0 bridgehead atoms. The molecular formula is C28H36N3O7P. The maximum Gasteiger partial charge on any atom is 0.421 e. The van der Waals surface area contributed by atoms with Crippen LogP contribution in [0.1, 0.15) is 81.6 Å². The second-order valence-corrected chi connectivity index (χ2v) is 9.35. The summed E-state index contributed by atoms with van der Waals surface area (Å²) in [5.74, 6) is -0.0979. The number of amides is 1. The van der Waals surface area contributed by atoms with Crippen LogP contribution < -0.4 is 5.32 Å². The Labute approximate surface area is 231 Å². The zero-order chi connectivity index (χ0) is 28.0. The van der Waals surface area contributed by atoms with Crippen molar-refractivity contribution in [3.8, 4) is 12.1 Å². The van der Waals surface area contributed by atoms with Gasteiger partial charge in [-0.3, -0.25) is 4.79 Å². The first-order valence-corrected chi connectivity index (χ1v) is 14.1. The quantitative estimate of drug-likeness (QED) is 0.0757. The fourth-order valence-corrected chi connectivity index (χ4v) is 4.09. The number of nitrogens with one attached hydrogen (secondary N) is 1. The minimum Gasteiger partial charge on any atom is -0.346 e. The molecule has 2 aromatic rings. The van der Waals surface area contributed by atoms with Gasteiger partial charge in [0, 0.05) is 6.42 Å². The van der Waals surface area contributed by atoms with E-state index in [-0.39, 0.29) is 32.0 Å². The van der Waals surface area contributed by atoms with Crippen LogP contribution in [0.5, 0.6) is 0 Å². The van der Waals surface area contributed by atoms with E-state index in [9.17, 15) is 4.79 Å². The molecule has 0 aliphatic carbocycles. The fraction of sp³-hybridized carbons (Fsp3) is 0.464. The van der Waals surface area contributed by atoms with Crippen LogP contribution in [0.2, 0.25) is 0 Å². The van der Waals surface area contributed by atoms with Gasteiger partial charge < -0.3 is 5.32 Å². The Morgan fingerprint density at radius 3 is 1.95 bits per heavy atom. The molecule has 0 spiro atoms. The number of nitrogens with zero attached hydrogens (tertiary/aromatic N) is 2. The summed E-state index contributed by atoms with van der Waals surface area (Å²) in [6.07, 6.45) is 4.97. The van der Waals surface area contributed by atoms with Crippen molar-refractivity contribution in [1.29, 1.82) is 10.5 Å². The van der Waals surface area contributed by atoms with E-state index in [0.717, 1.165) is 43.2 Å². The van der Waals surface area contributed by atoms with Gasteiger partial charge in [-0.1, -0.05) is 93.3 Å². The summed E-state index contributed by atoms with van der Waals surface area (Å²) < 4.78 is 15.7. The van der Waals surface area contributed by atoms with Gasteiger partial charge in [-0.15, -0.1) is 14.0 Å². The molecule has 0 aliphatic heterocycles. The van der Waals surface area contributed by atoms with Gasteiger partial charge in [0.1, 0.15) is 6.10 Å². The molecule has 0 aromatic heterocycles. The van der Waals surface area contributed by atoms with Crippen LogP contribution in [-0.2, 0) is 33.5 Å². The van der Waals surface area contributed by atoms with Crippen molar-refractivity contribution in [3.05, 3.63) is 71.8 Å². The van der Waals surface area contributed by atoms with E-state index < -0.39 is 20.7 Å². The first-order chi connectivity index (χ1) is 19.2. The Bertz CT molecular complexity index is 980. The lowest BCUT2D eigenvalue weighted by Gasteiger charge is -2.28. The van der Waals surface area contributed by atoms with Crippen LogP contribution in [0, 0.1) is 22.7 Å². The largest absolute Gasteiger partial charge is 0.421 e. The van der Waals surface area contributed by atoms with Gasteiger partial charge in [0.25, 0.3) is 0 Å². The summed E-state index contributed by atoms with van der Waals surface area (Å²) in [7, 11) is -2.34. The van der Waals surface area contributed by atoms with Gasteiger partial charge in [-0.05, 0) is 17.5 Å². The number of unbranched alkanes of at least 4 members (excludes halogenated alkanes) is 4. The number of hydrogen-bond acceptors (Lipinski definition) is 9. The average molecular weight is 558 g/mol. The fourth-order valence-electron chi connectivity index (χ4n) is 3.53. The molecule has 1 amide bonds. The standard InChI is InChI=1S/C28H36N3O7P/c1-2-3-4-5-12-19-26(32)31-27(24-15-8-6-9-16-24)28(25-17-10-7-11-18-25)35-38-39(36-33-22-13-20-29)37-34-23-14-21-30/h6-11,15-18,27-28H,2-5,12-14,19,22-23H2,1H3,(H,31,32). The van der Waals surface area contributed by atoms with Crippen LogP contribution in [0.25, 0.3) is 0 Å². The highest BCUT2D eigenvalue weighted by atomic mass is 31.2. The maximum atomic E-state index is 13.0. The molecule has 10 nitrogen and oxygen atoms in total. The van der Waals surface area contributed by atoms with Crippen molar-refractivity contribution in [2.24, 2.45) is 0 Å². The van der Waals surface area contributed by atoms with Gasteiger partial charge in [-0.25, -0.2) is 14.7 Å². The topological polar surface area (TPSA) is 132 Å². The predicted octanol–water partition coefficient (Wildman–Crippen LogP) is 6.84. The third kappa shape index (κ3) is 13.6. The number of rotatable bonds is 21.